The van der Waals surface area contributed by atoms with E-state index in [1.165, 1.54) is 5.56 Å². The SMILES string of the molecule is COC1OC(C)CC(NN(C)Cc2ccccc2)[C@H]1OC=O. The van der Waals surface area contributed by atoms with Gasteiger partial charge in [-0.2, -0.15) is 0 Å². The number of benzene rings is 1. The van der Waals surface area contributed by atoms with Gasteiger partial charge < -0.3 is 14.2 Å². The Hall–Kier alpha value is -1.47. The van der Waals surface area contributed by atoms with Crippen molar-refractivity contribution in [2.24, 2.45) is 0 Å². The van der Waals surface area contributed by atoms with Gasteiger partial charge in [0.1, 0.15) is 0 Å². The molecular formula is C16H24N2O4. The number of carbonyl (C=O) groups excluding carboxylic acids is 1. The number of hydrazine groups is 1. The van der Waals surface area contributed by atoms with E-state index >= 15 is 0 Å². The lowest BCUT2D eigenvalue weighted by Gasteiger charge is -2.40. The molecule has 122 valence electrons. The Morgan fingerprint density at radius 1 is 1.41 bits per heavy atom. The maximum Gasteiger partial charge on any atom is 0.293 e. The number of hydrogen-bond donors (Lipinski definition) is 1. The molecule has 0 spiro atoms. The fourth-order valence-electron chi connectivity index (χ4n) is 2.77. The molecule has 1 fully saturated rings. The summed E-state index contributed by atoms with van der Waals surface area (Å²) in [5, 5.41) is 1.99. The van der Waals surface area contributed by atoms with Crippen molar-refractivity contribution in [2.75, 3.05) is 14.2 Å². The van der Waals surface area contributed by atoms with E-state index in [-0.39, 0.29) is 12.1 Å². The zero-order valence-electron chi connectivity index (χ0n) is 13.3. The van der Waals surface area contributed by atoms with Crippen LogP contribution in [-0.2, 0) is 25.5 Å². The van der Waals surface area contributed by atoms with Crippen LogP contribution >= 0.6 is 0 Å². The fraction of sp³-hybridized carbons (Fsp3) is 0.562. The van der Waals surface area contributed by atoms with Gasteiger partial charge in [-0.05, 0) is 18.9 Å². The molecule has 1 N–H and O–H groups in total. The number of nitrogens with zero attached hydrogens (tertiary/aromatic N) is 1. The Bertz CT molecular complexity index is 457. The lowest BCUT2D eigenvalue weighted by atomic mass is 10.0. The Morgan fingerprint density at radius 3 is 2.77 bits per heavy atom. The molecule has 0 aromatic heterocycles. The molecule has 6 heteroatoms. The summed E-state index contributed by atoms with van der Waals surface area (Å²) < 4.78 is 16.1. The molecule has 1 saturated heterocycles. The van der Waals surface area contributed by atoms with Crippen LogP contribution in [0.3, 0.4) is 0 Å². The minimum atomic E-state index is -0.559. The normalized spacial score (nSPS) is 28.5. The molecule has 0 saturated carbocycles. The molecule has 0 bridgehead atoms. The average Bonchev–Trinajstić information content (AvgIpc) is 2.50. The van der Waals surface area contributed by atoms with Crippen molar-refractivity contribution in [2.45, 2.75) is 44.4 Å². The van der Waals surface area contributed by atoms with Crippen LogP contribution in [0.15, 0.2) is 30.3 Å². The minimum absolute atomic E-state index is 0.0269. The van der Waals surface area contributed by atoms with Crippen molar-refractivity contribution in [3.8, 4) is 0 Å². The molecule has 22 heavy (non-hydrogen) atoms. The van der Waals surface area contributed by atoms with Crippen LogP contribution in [0, 0.1) is 0 Å². The molecule has 1 aromatic carbocycles. The van der Waals surface area contributed by atoms with Gasteiger partial charge in [0, 0.05) is 20.7 Å². The van der Waals surface area contributed by atoms with Crippen LogP contribution in [0.4, 0.5) is 0 Å². The van der Waals surface area contributed by atoms with Gasteiger partial charge in [0.05, 0.1) is 12.1 Å². The van der Waals surface area contributed by atoms with Crippen molar-refractivity contribution in [1.82, 2.24) is 10.4 Å². The first-order valence-corrected chi connectivity index (χ1v) is 7.42. The summed E-state index contributed by atoms with van der Waals surface area (Å²) >= 11 is 0. The van der Waals surface area contributed by atoms with Crippen LogP contribution in [0.2, 0.25) is 0 Å². The third kappa shape index (κ3) is 4.51. The van der Waals surface area contributed by atoms with Crippen molar-refractivity contribution in [1.29, 1.82) is 0 Å². The highest BCUT2D eigenvalue weighted by Crippen LogP contribution is 2.23. The average molecular weight is 308 g/mol. The van der Waals surface area contributed by atoms with Gasteiger partial charge in [-0.3, -0.25) is 4.79 Å². The molecule has 6 nitrogen and oxygen atoms in total. The largest absolute Gasteiger partial charge is 0.457 e. The highest BCUT2D eigenvalue weighted by atomic mass is 16.7. The van der Waals surface area contributed by atoms with Gasteiger partial charge >= 0.3 is 0 Å². The summed E-state index contributed by atoms with van der Waals surface area (Å²) in [7, 11) is 3.52. The van der Waals surface area contributed by atoms with Crippen LogP contribution in [0.1, 0.15) is 18.9 Å². The second kappa shape index (κ2) is 8.24. The van der Waals surface area contributed by atoms with Gasteiger partial charge in [-0.15, -0.1) is 0 Å². The first kappa shape index (κ1) is 16.9. The number of hydrogen-bond acceptors (Lipinski definition) is 6. The summed E-state index contributed by atoms with van der Waals surface area (Å²) in [6.07, 6.45) is -0.273. The Labute approximate surface area is 131 Å². The van der Waals surface area contributed by atoms with Crippen LogP contribution < -0.4 is 5.43 Å². The smallest absolute Gasteiger partial charge is 0.293 e. The van der Waals surface area contributed by atoms with E-state index in [4.69, 9.17) is 14.2 Å². The maximum absolute atomic E-state index is 10.8. The third-order valence-electron chi connectivity index (χ3n) is 3.71. The topological polar surface area (TPSA) is 60.0 Å². The van der Waals surface area contributed by atoms with Crippen LogP contribution in [0.25, 0.3) is 0 Å². The summed E-state index contributed by atoms with van der Waals surface area (Å²) in [6, 6.07) is 10.1. The highest BCUT2D eigenvalue weighted by Gasteiger charge is 2.39. The third-order valence-corrected chi connectivity index (χ3v) is 3.71. The van der Waals surface area contributed by atoms with Gasteiger partial charge in [-0.25, -0.2) is 10.4 Å². The van der Waals surface area contributed by atoms with E-state index in [0.717, 1.165) is 13.0 Å². The van der Waals surface area contributed by atoms with E-state index in [0.29, 0.717) is 6.47 Å². The van der Waals surface area contributed by atoms with Crippen molar-refractivity contribution in [3.63, 3.8) is 0 Å². The van der Waals surface area contributed by atoms with Crippen molar-refractivity contribution >= 4 is 6.47 Å². The highest BCUT2D eigenvalue weighted by molar-refractivity contribution is 5.37. The van der Waals surface area contributed by atoms with Gasteiger partial charge in [-0.1, -0.05) is 30.3 Å². The van der Waals surface area contributed by atoms with Crippen LogP contribution in [0.5, 0.6) is 0 Å². The molecule has 1 aliphatic rings. The van der Waals surface area contributed by atoms with Crippen molar-refractivity contribution in [3.05, 3.63) is 35.9 Å². The molecule has 1 aromatic rings. The van der Waals surface area contributed by atoms with Gasteiger partial charge in [0.2, 0.25) is 0 Å². The molecule has 0 aliphatic carbocycles. The zero-order chi connectivity index (χ0) is 15.9. The van der Waals surface area contributed by atoms with E-state index in [2.05, 4.69) is 17.6 Å². The molecule has 1 aliphatic heterocycles. The standard InChI is InChI=1S/C16H24N2O4/c1-12-9-14(15(21-11-19)16(20-3)22-12)17-18(2)10-13-7-5-4-6-8-13/h4-8,11-12,14-17H,9-10H2,1-3H3/t12?,14?,15-,16?/m1/s1. The maximum atomic E-state index is 10.8. The molecule has 0 radical (unpaired) electrons. The predicted molar refractivity (Wildman–Crippen MR) is 81.7 cm³/mol. The lowest BCUT2D eigenvalue weighted by molar-refractivity contribution is -0.242. The monoisotopic (exact) mass is 308 g/mol. The zero-order valence-corrected chi connectivity index (χ0v) is 13.3. The number of rotatable bonds is 7. The summed E-state index contributed by atoms with van der Waals surface area (Å²) in [4.78, 5) is 10.8. The van der Waals surface area contributed by atoms with Gasteiger partial charge in [0.15, 0.2) is 12.4 Å². The van der Waals surface area contributed by atoms with Crippen LogP contribution in [-0.4, -0.2) is 50.2 Å². The minimum Gasteiger partial charge on any atom is -0.457 e. The van der Waals surface area contributed by atoms with E-state index in [1.807, 2.05) is 37.2 Å². The predicted octanol–water partition coefficient (Wildman–Crippen LogP) is 1.31. The molecular weight excluding hydrogens is 284 g/mol. The summed E-state index contributed by atoms with van der Waals surface area (Å²) in [6.45, 7) is 3.18. The van der Waals surface area contributed by atoms with Gasteiger partial charge in [0.25, 0.3) is 6.47 Å². The molecule has 1 heterocycles. The summed E-state index contributed by atoms with van der Waals surface area (Å²) in [5.41, 5.74) is 4.59. The Kier molecular flexibility index (Phi) is 6.33. The number of carbonyl (C=O) groups is 1. The molecule has 3 unspecified atom stereocenters. The van der Waals surface area contributed by atoms with E-state index in [1.54, 1.807) is 7.11 Å². The number of nitrogens with one attached hydrogen (secondary N) is 1. The first-order valence-electron chi connectivity index (χ1n) is 7.42. The summed E-state index contributed by atoms with van der Waals surface area (Å²) in [5.74, 6) is 0. The molecule has 2 rings (SSSR count). The fourth-order valence-corrected chi connectivity index (χ4v) is 2.77. The molecule has 0 amide bonds. The number of ether oxygens (including phenoxy) is 3. The van der Waals surface area contributed by atoms with E-state index in [9.17, 15) is 4.79 Å². The lowest BCUT2D eigenvalue weighted by Crippen LogP contribution is -2.58. The quantitative estimate of drug-likeness (QED) is 0.605. The second-order valence-corrected chi connectivity index (χ2v) is 5.56. The molecule has 4 atom stereocenters. The second-order valence-electron chi connectivity index (χ2n) is 5.56. The first-order chi connectivity index (χ1) is 10.6. The van der Waals surface area contributed by atoms with E-state index < -0.39 is 12.4 Å². The Balaban J connectivity index is 1.99. The van der Waals surface area contributed by atoms with Crippen molar-refractivity contribution < 1.29 is 19.0 Å². The Morgan fingerprint density at radius 2 is 2.14 bits per heavy atom. The number of methoxy groups -OCH3 is 1.